The molecule has 1 N–H and O–H groups in total. The zero-order valence-corrected chi connectivity index (χ0v) is 14.3. The molecule has 3 heteroatoms. The number of hydrogen-bond acceptors (Lipinski definition) is 3. The average Bonchev–Trinajstić information content (AvgIpc) is 2.93. The molecule has 0 aromatic heterocycles. The number of fused-ring (bicyclic) bond motifs is 3. The number of aryl methyl sites for hydroxylation is 1. The zero-order chi connectivity index (χ0) is 16.7. The standard InChI is InChI=1S/C21H24O3/c1-19-8-7-16-15-5-4-14(24-2)11-13(15)3-6-17(16)20(19)9-10-21(19,23)18(22)12-20/h4-5,9-11,16-17,23H,3,6-8,12H2,1-2H3/t16-,17-,19+,20+,21+/m1/s1. The lowest BCUT2D eigenvalue weighted by Crippen LogP contribution is -2.53. The maximum atomic E-state index is 12.6. The lowest BCUT2D eigenvalue weighted by atomic mass is 9.48. The third-order valence-electron chi connectivity index (χ3n) is 7.95. The van der Waals surface area contributed by atoms with Crippen molar-refractivity contribution in [3.8, 4) is 5.75 Å². The number of ether oxygens (including phenoxy) is 1. The summed E-state index contributed by atoms with van der Waals surface area (Å²) in [4.78, 5) is 12.6. The first-order valence-corrected chi connectivity index (χ1v) is 9.08. The minimum absolute atomic E-state index is 0.0358. The minimum atomic E-state index is -1.22. The van der Waals surface area contributed by atoms with Gasteiger partial charge in [0.05, 0.1) is 7.11 Å². The van der Waals surface area contributed by atoms with Crippen LogP contribution >= 0.6 is 0 Å². The number of benzene rings is 1. The fraction of sp³-hybridized carbons (Fsp3) is 0.571. The first-order valence-electron chi connectivity index (χ1n) is 9.08. The Morgan fingerprint density at radius 3 is 2.83 bits per heavy atom. The summed E-state index contributed by atoms with van der Waals surface area (Å²) in [6.07, 6.45) is 8.64. The first-order chi connectivity index (χ1) is 11.5. The van der Waals surface area contributed by atoms with E-state index in [0.29, 0.717) is 18.3 Å². The zero-order valence-electron chi connectivity index (χ0n) is 14.3. The monoisotopic (exact) mass is 324 g/mol. The Bertz CT molecular complexity index is 781. The van der Waals surface area contributed by atoms with Crippen molar-refractivity contribution in [3.63, 3.8) is 0 Å². The first kappa shape index (κ1) is 14.7. The Kier molecular flexibility index (Phi) is 2.65. The van der Waals surface area contributed by atoms with Crippen LogP contribution in [0.1, 0.15) is 49.7 Å². The van der Waals surface area contributed by atoms with Crippen LogP contribution in [0.3, 0.4) is 0 Å². The molecule has 0 aliphatic heterocycles. The molecule has 3 nitrogen and oxygen atoms in total. The largest absolute Gasteiger partial charge is 0.497 e. The van der Waals surface area contributed by atoms with Crippen LogP contribution in [0.5, 0.6) is 5.75 Å². The van der Waals surface area contributed by atoms with Crippen molar-refractivity contribution in [1.29, 1.82) is 0 Å². The van der Waals surface area contributed by atoms with E-state index in [1.807, 2.05) is 6.08 Å². The smallest absolute Gasteiger partial charge is 0.169 e. The van der Waals surface area contributed by atoms with Crippen LogP contribution in [0.4, 0.5) is 0 Å². The van der Waals surface area contributed by atoms with Gasteiger partial charge < -0.3 is 9.84 Å². The summed E-state index contributed by atoms with van der Waals surface area (Å²) >= 11 is 0. The molecule has 1 aromatic rings. The summed E-state index contributed by atoms with van der Waals surface area (Å²) in [7, 11) is 1.71. The van der Waals surface area contributed by atoms with Gasteiger partial charge in [-0.05, 0) is 66.9 Å². The molecule has 5 rings (SSSR count). The Morgan fingerprint density at radius 2 is 2.08 bits per heavy atom. The molecule has 126 valence electrons. The fourth-order valence-corrected chi connectivity index (χ4v) is 6.57. The van der Waals surface area contributed by atoms with E-state index in [4.69, 9.17) is 4.74 Å². The Labute approximate surface area is 142 Å². The van der Waals surface area contributed by atoms with Gasteiger partial charge in [-0.1, -0.05) is 19.1 Å². The van der Waals surface area contributed by atoms with Crippen LogP contribution in [0.25, 0.3) is 0 Å². The molecule has 2 bridgehead atoms. The van der Waals surface area contributed by atoms with E-state index in [1.54, 1.807) is 7.11 Å². The molecule has 1 aromatic carbocycles. The Morgan fingerprint density at radius 1 is 1.25 bits per heavy atom. The molecule has 0 spiro atoms. The van der Waals surface area contributed by atoms with Crippen molar-refractivity contribution in [2.24, 2.45) is 16.7 Å². The molecule has 5 atom stereocenters. The summed E-state index contributed by atoms with van der Waals surface area (Å²) in [5.74, 6) is 1.91. The van der Waals surface area contributed by atoms with Gasteiger partial charge in [-0.3, -0.25) is 4.79 Å². The van der Waals surface area contributed by atoms with Crippen LogP contribution in [0, 0.1) is 16.7 Å². The quantitative estimate of drug-likeness (QED) is 0.805. The van der Waals surface area contributed by atoms with Crippen LogP contribution in [0.2, 0.25) is 0 Å². The van der Waals surface area contributed by atoms with Crippen molar-refractivity contribution in [3.05, 3.63) is 41.5 Å². The van der Waals surface area contributed by atoms with Crippen LogP contribution in [-0.4, -0.2) is 23.6 Å². The van der Waals surface area contributed by atoms with Crippen molar-refractivity contribution < 1.29 is 14.6 Å². The molecule has 0 saturated heterocycles. The van der Waals surface area contributed by atoms with E-state index >= 15 is 0 Å². The number of allylic oxidation sites excluding steroid dienone is 1. The number of hydrogen-bond donors (Lipinski definition) is 1. The predicted molar refractivity (Wildman–Crippen MR) is 91.0 cm³/mol. The van der Waals surface area contributed by atoms with Crippen LogP contribution in [-0.2, 0) is 11.2 Å². The SMILES string of the molecule is COc1ccc2c(c1)CC[C@@H]1[C@@H]2CC[C@@]2(C)[C@]13C=C[C@]2(O)C(=O)C3. The van der Waals surface area contributed by atoms with Gasteiger partial charge in [0.25, 0.3) is 0 Å². The second-order valence-corrected chi connectivity index (χ2v) is 8.43. The van der Waals surface area contributed by atoms with Gasteiger partial charge in [0, 0.05) is 17.3 Å². The van der Waals surface area contributed by atoms with Crippen molar-refractivity contribution in [2.75, 3.05) is 7.11 Å². The maximum Gasteiger partial charge on any atom is 0.169 e. The molecule has 0 amide bonds. The molecule has 2 saturated carbocycles. The molecule has 0 radical (unpaired) electrons. The second-order valence-electron chi connectivity index (χ2n) is 8.43. The molecule has 0 heterocycles. The van der Waals surface area contributed by atoms with E-state index in [9.17, 15) is 9.90 Å². The van der Waals surface area contributed by atoms with E-state index in [2.05, 4.69) is 31.2 Å². The van der Waals surface area contributed by atoms with Gasteiger partial charge in [0.1, 0.15) is 11.4 Å². The van der Waals surface area contributed by atoms with Crippen molar-refractivity contribution >= 4 is 5.78 Å². The summed E-state index contributed by atoms with van der Waals surface area (Å²) < 4.78 is 5.39. The number of carbonyl (C=O) groups is 1. The lowest BCUT2D eigenvalue weighted by Gasteiger charge is -2.55. The normalized spacial score (nSPS) is 44.9. The van der Waals surface area contributed by atoms with Gasteiger partial charge in [-0.2, -0.15) is 0 Å². The van der Waals surface area contributed by atoms with Gasteiger partial charge in [-0.25, -0.2) is 0 Å². The number of Topliss-reactive ketones (excluding diaryl/α,β-unsaturated/α-hetero) is 1. The van der Waals surface area contributed by atoms with Crippen LogP contribution < -0.4 is 4.74 Å². The highest BCUT2D eigenvalue weighted by Crippen LogP contribution is 2.73. The number of aliphatic hydroxyl groups is 1. The number of rotatable bonds is 1. The Balaban J connectivity index is 1.62. The number of carbonyl (C=O) groups excluding carboxylic acids is 1. The van der Waals surface area contributed by atoms with Crippen molar-refractivity contribution in [2.45, 2.75) is 50.5 Å². The van der Waals surface area contributed by atoms with Gasteiger partial charge in [-0.15, -0.1) is 0 Å². The summed E-state index contributed by atoms with van der Waals surface area (Å²) in [6.45, 7) is 2.15. The van der Waals surface area contributed by atoms with Gasteiger partial charge in [0.15, 0.2) is 5.78 Å². The Hall–Kier alpha value is -1.61. The fourth-order valence-electron chi connectivity index (χ4n) is 6.57. The summed E-state index contributed by atoms with van der Waals surface area (Å²) in [5, 5.41) is 11.1. The van der Waals surface area contributed by atoms with Gasteiger partial charge >= 0.3 is 0 Å². The summed E-state index contributed by atoms with van der Waals surface area (Å²) in [6, 6.07) is 6.47. The highest BCUT2D eigenvalue weighted by molar-refractivity contribution is 5.96. The highest BCUT2D eigenvalue weighted by Gasteiger charge is 2.74. The molecule has 4 aliphatic carbocycles. The highest BCUT2D eigenvalue weighted by atomic mass is 16.5. The number of methoxy groups -OCH3 is 1. The van der Waals surface area contributed by atoms with Crippen LogP contribution in [0.15, 0.2) is 30.4 Å². The molecule has 24 heavy (non-hydrogen) atoms. The van der Waals surface area contributed by atoms with E-state index < -0.39 is 5.60 Å². The second kappa shape index (κ2) is 4.32. The molecular weight excluding hydrogens is 300 g/mol. The third kappa shape index (κ3) is 1.39. The van der Waals surface area contributed by atoms with E-state index in [-0.39, 0.29) is 16.6 Å². The minimum Gasteiger partial charge on any atom is -0.497 e. The third-order valence-corrected chi connectivity index (χ3v) is 7.95. The molecular formula is C21H24O3. The lowest BCUT2D eigenvalue weighted by molar-refractivity contribution is -0.138. The molecule has 4 aliphatic rings. The number of ketones is 1. The maximum absolute atomic E-state index is 12.6. The van der Waals surface area contributed by atoms with Crippen molar-refractivity contribution in [1.82, 2.24) is 0 Å². The molecule has 0 unspecified atom stereocenters. The summed E-state index contributed by atoms with van der Waals surface area (Å²) in [5.41, 5.74) is 1.14. The predicted octanol–water partition coefficient (Wildman–Crippen LogP) is 3.40. The molecule has 2 fully saturated rings. The topological polar surface area (TPSA) is 46.5 Å². The van der Waals surface area contributed by atoms with E-state index in [1.165, 1.54) is 11.1 Å². The average molecular weight is 324 g/mol. The van der Waals surface area contributed by atoms with Gasteiger partial charge in [0.2, 0.25) is 0 Å². The van der Waals surface area contributed by atoms with E-state index in [0.717, 1.165) is 31.4 Å².